The molecule has 0 aliphatic carbocycles. The molecule has 0 bridgehead atoms. The minimum Gasteiger partial charge on any atom is -0.396 e. The maximum Gasteiger partial charge on any atom is 0.323 e. The molecule has 7 heteroatoms. The van der Waals surface area contributed by atoms with E-state index >= 15 is 0 Å². The zero-order valence-electron chi connectivity index (χ0n) is 11.1. The van der Waals surface area contributed by atoms with Gasteiger partial charge in [-0.05, 0) is 26.7 Å². The molecule has 0 spiro atoms. The maximum absolute atomic E-state index is 11.1. The van der Waals surface area contributed by atoms with Crippen molar-refractivity contribution in [2.24, 2.45) is 5.92 Å². The summed E-state index contributed by atoms with van der Waals surface area (Å²) in [5.41, 5.74) is 0.520. The summed E-state index contributed by atoms with van der Waals surface area (Å²) in [7, 11) is 0. The molecule has 1 heterocycles. The van der Waals surface area contributed by atoms with Gasteiger partial charge in [0, 0.05) is 18.4 Å². The number of aliphatic hydroxyl groups excluding tert-OH is 1. The van der Waals surface area contributed by atoms with E-state index in [0.717, 1.165) is 0 Å². The monoisotopic (exact) mass is 273 g/mol. The van der Waals surface area contributed by atoms with Crippen molar-refractivity contribution in [3.63, 3.8) is 0 Å². The van der Waals surface area contributed by atoms with Crippen LogP contribution in [0.4, 0.5) is 5.69 Å². The van der Waals surface area contributed by atoms with E-state index in [9.17, 15) is 10.1 Å². The van der Waals surface area contributed by atoms with Crippen molar-refractivity contribution in [3.05, 3.63) is 15.8 Å². The van der Waals surface area contributed by atoms with Crippen LogP contribution in [0.15, 0.2) is 5.03 Å². The first-order valence-electron chi connectivity index (χ1n) is 5.85. The third-order valence-electron chi connectivity index (χ3n) is 2.50. The standard InChI is InChI=1S/C11H19N3O3S/c1-7(2)13-11(18-6-8(3)5-15)10(14(16)17)9(4)12-13/h7-8,15H,5-6H2,1-4H3. The average molecular weight is 273 g/mol. The van der Waals surface area contributed by atoms with Crippen molar-refractivity contribution in [1.29, 1.82) is 0 Å². The lowest BCUT2D eigenvalue weighted by Crippen LogP contribution is -2.08. The highest BCUT2D eigenvalue weighted by Gasteiger charge is 2.26. The van der Waals surface area contributed by atoms with Crippen molar-refractivity contribution < 1.29 is 10.0 Å². The van der Waals surface area contributed by atoms with Gasteiger partial charge in [-0.3, -0.25) is 10.1 Å². The molecule has 0 saturated heterocycles. The molecule has 1 atom stereocenters. The number of aromatic nitrogens is 2. The van der Waals surface area contributed by atoms with Crippen molar-refractivity contribution in [3.8, 4) is 0 Å². The molecule has 1 unspecified atom stereocenters. The van der Waals surface area contributed by atoms with E-state index < -0.39 is 0 Å². The molecule has 1 aromatic rings. The summed E-state index contributed by atoms with van der Waals surface area (Å²) in [6, 6.07) is 0.0735. The molecule has 0 fully saturated rings. The third-order valence-corrected chi connectivity index (χ3v) is 3.89. The predicted molar refractivity (Wildman–Crippen MR) is 71.0 cm³/mol. The number of hydrogen-bond acceptors (Lipinski definition) is 5. The minimum atomic E-state index is -0.382. The number of thioether (sulfide) groups is 1. The van der Waals surface area contributed by atoms with Gasteiger partial charge in [-0.25, -0.2) is 4.68 Å². The minimum absolute atomic E-state index is 0.0735. The maximum atomic E-state index is 11.1. The summed E-state index contributed by atoms with van der Waals surface area (Å²) in [5.74, 6) is 0.736. The molecule has 0 aliphatic heterocycles. The molecular formula is C11H19N3O3S. The summed E-state index contributed by atoms with van der Waals surface area (Å²) in [6.45, 7) is 7.51. The Morgan fingerprint density at radius 2 is 2.11 bits per heavy atom. The predicted octanol–water partition coefficient (Wildman–Crippen LogP) is 2.40. The number of nitro groups is 1. The first-order valence-corrected chi connectivity index (χ1v) is 6.84. The van der Waals surface area contributed by atoms with Crippen LogP contribution >= 0.6 is 11.8 Å². The molecule has 0 aromatic carbocycles. The third kappa shape index (κ3) is 3.23. The van der Waals surface area contributed by atoms with Gasteiger partial charge in [-0.1, -0.05) is 18.7 Å². The molecule has 0 radical (unpaired) electrons. The molecular weight excluding hydrogens is 254 g/mol. The number of aryl methyl sites for hydroxylation is 1. The molecule has 1 rings (SSSR count). The molecule has 6 nitrogen and oxygen atoms in total. The Kier molecular flexibility index (Phi) is 5.15. The molecule has 1 N–H and O–H groups in total. The van der Waals surface area contributed by atoms with Crippen LogP contribution < -0.4 is 0 Å². The lowest BCUT2D eigenvalue weighted by atomic mass is 10.2. The zero-order valence-corrected chi connectivity index (χ0v) is 11.9. The molecule has 0 aliphatic rings. The quantitative estimate of drug-likeness (QED) is 0.489. The molecule has 0 amide bonds. The van der Waals surface area contributed by atoms with Crippen LogP contribution in [-0.2, 0) is 0 Å². The van der Waals surface area contributed by atoms with Gasteiger partial charge in [0.25, 0.3) is 0 Å². The van der Waals surface area contributed by atoms with Gasteiger partial charge >= 0.3 is 5.69 Å². The fourth-order valence-electron chi connectivity index (χ4n) is 1.49. The lowest BCUT2D eigenvalue weighted by Gasteiger charge is -2.11. The zero-order chi connectivity index (χ0) is 13.9. The first-order chi connectivity index (χ1) is 8.38. The highest BCUT2D eigenvalue weighted by molar-refractivity contribution is 7.99. The Bertz CT molecular complexity index is 431. The molecule has 18 heavy (non-hydrogen) atoms. The molecule has 102 valence electrons. The fourth-order valence-corrected chi connectivity index (χ4v) is 2.78. The Morgan fingerprint density at radius 1 is 1.50 bits per heavy atom. The number of nitrogens with zero attached hydrogens (tertiary/aromatic N) is 3. The highest BCUT2D eigenvalue weighted by atomic mass is 32.2. The largest absolute Gasteiger partial charge is 0.396 e. The number of rotatable bonds is 6. The van der Waals surface area contributed by atoms with Gasteiger partial charge in [-0.2, -0.15) is 5.10 Å². The van der Waals surface area contributed by atoms with Crippen molar-refractivity contribution in [1.82, 2.24) is 9.78 Å². The van der Waals surface area contributed by atoms with Crippen LogP contribution in [0.25, 0.3) is 0 Å². The number of aliphatic hydroxyl groups is 1. The van der Waals surface area contributed by atoms with Gasteiger partial charge < -0.3 is 5.11 Å². The summed E-state index contributed by atoms with van der Waals surface area (Å²) in [4.78, 5) is 10.7. The van der Waals surface area contributed by atoms with Gasteiger partial charge in [0.05, 0.1) is 4.92 Å². The van der Waals surface area contributed by atoms with Crippen molar-refractivity contribution >= 4 is 17.4 Å². The van der Waals surface area contributed by atoms with E-state index in [1.807, 2.05) is 20.8 Å². The first kappa shape index (κ1) is 15.0. The van der Waals surface area contributed by atoms with Crippen LogP contribution in [0.2, 0.25) is 0 Å². The second kappa shape index (κ2) is 6.19. The Morgan fingerprint density at radius 3 is 2.56 bits per heavy atom. The van der Waals surface area contributed by atoms with E-state index in [1.165, 1.54) is 11.8 Å². The van der Waals surface area contributed by atoms with Crippen LogP contribution in [-0.4, -0.2) is 32.2 Å². The van der Waals surface area contributed by atoms with Crippen LogP contribution in [0.3, 0.4) is 0 Å². The fraction of sp³-hybridized carbons (Fsp3) is 0.727. The van der Waals surface area contributed by atoms with E-state index in [-0.39, 0.29) is 29.2 Å². The average Bonchev–Trinajstić information content (AvgIpc) is 2.63. The van der Waals surface area contributed by atoms with E-state index in [4.69, 9.17) is 5.11 Å². The smallest absolute Gasteiger partial charge is 0.323 e. The van der Waals surface area contributed by atoms with E-state index in [2.05, 4.69) is 5.10 Å². The SMILES string of the molecule is Cc1nn(C(C)C)c(SCC(C)CO)c1[N+](=O)[O-]. The summed E-state index contributed by atoms with van der Waals surface area (Å²) in [5, 5.41) is 24.9. The number of hydrogen-bond donors (Lipinski definition) is 1. The lowest BCUT2D eigenvalue weighted by molar-refractivity contribution is -0.388. The van der Waals surface area contributed by atoms with E-state index in [0.29, 0.717) is 16.5 Å². The van der Waals surface area contributed by atoms with Gasteiger partial charge in [0.2, 0.25) is 0 Å². The Hall–Kier alpha value is -1.08. The van der Waals surface area contributed by atoms with Crippen LogP contribution in [0.1, 0.15) is 32.5 Å². The van der Waals surface area contributed by atoms with Gasteiger partial charge in [-0.15, -0.1) is 0 Å². The van der Waals surface area contributed by atoms with Gasteiger partial charge in [0.1, 0.15) is 5.69 Å². The van der Waals surface area contributed by atoms with Crippen LogP contribution in [0, 0.1) is 23.0 Å². The van der Waals surface area contributed by atoms with Crippen LogP contribution in [0.5, 0.6) is 0 Å². The van der Waals surface area contributed by atoms with Crippen molar-refractivity contribution in [2.75, 3.05) is 12.4 Å². The summed E-state index contributed by atoms with van der Waals surface area (Å²) < 4.78 is 1.68. The Labute approximate surface area is 111 Å². The van der Waals surface area contributed by atoms with Gasteiger partial charge in [0.15, 0.2) is 5.03 Å². The Balaban J connectivity index is 3.08. The topological polar surface area (TPSA) is 81.2 Å². The molecule has 0 saturated carbocycles. The normalized spacial score (nSPS) is 13.0. The summed E-state index contributed by atoms with van der Waals surface area (Å²) >= 11 is 1.38. The second-order valence-electron chi connectivity index (χ2n) is 4.63. The molecule has 1 aromatic heterocycles. The highest BCUT2D eigenvalue weighted by Crippen LogP contribution is 2.34. The van der Waals surface area contributed by atoms with E-state index in [1.54, 1.807) is 11.6 Å². The van der Waals surface area contributed by atoms with Crippen molar-refractivity contribution in [2.45, 2.75) is 38.8 Å². The summed E-state index contributed by atoms with van der Waals surface area (Å²) in [6.07, 6.45) is 0. The second-order valence-corrected chi connectivity index (χ2v) is 5.64.